The normalized spacial score (nSPS) is 11.7. The Bertz CT molecular complexity index is 921. The van der Waals surface area contributed by atoms with E-state index in [1.165, 1.54) is 19.2 Å². The highest BCUT2D eigenvalue weighted by Crippen LogP contribution is 2.28. The Morgan fingerprint density at radius 2 is 1.73 bits per heavy atom. The summed E-state index contributed by atoms with van der Waals surface area (Å²) < 4.78 is 33.3. The molecule has 0 aliphatic carbocycles. The van der Waals surface area contributed by atoms with Crippen molar-refractivity contribution in [2.24, 2.45) is 5.41 Å². The Morgan fingerprint density at radius 1 is 1.08 bits per heavy atom. The molecule has 6 nitrogen and oxygen atoms in total. The zero-order valence-electron chi connectivity index (χ0n) is 15.0. The molecule has 2 rings (SSSR count). The molecule has 0 spiro atoms. The summed E-state index contributed by atoms with van der Waals surface area (Å²) in [5.74, 6) is 0.382. The highest BCUT2D eigenvalue weighted by molar-refractivity contribution is 9.10. The van der Waals surface area contributed by atoms with Crippen molar-refractivity contribution < 1.29 is 17.9 Å². The molecule has 2 aromatic rings. The molecule has 2 N–H and O–H groups in total. The first-order valence-corrected chi connectivity index (χ1v) is 10.1. The van der Waals surface area contributed by atoms with Crippen molar-refractivity contribution in [3.8, 4) is 5.75 Å². The second-order valence-electron chi connectivity index (χ2n) is 6.69. The van der Waals surface area contributed by atoms with Crippen LogP contribution in [0, 0.1) is 5.41 Å². The predicted octanol–water partition coefficient (Wildman–Crippen LogP) is 4.24. The fraction of sp³-hybridized carbons (Fsp3) is 0.278. The van der Waals surface area contributed by atoms with E-state index in [2.05, 4.69) is 26.0 Å². The largest absolute Gasteiger partial charge is 0.496 e. The molecule has 0 aliphatic rings. The molecule has 0 aliphatic heterocycles. The molecule has 0 fully saturated rings. The summed E-state index contributed by atoms with van der Waals surface area (Å²) in [7, 11) is -2.28. The van der Waals surface area contributed by atoms with Crippen LogP contribution in [-0.2, 0) is 14.8 Å². The Morgan fingerprint density at radius 3 is 2.31 bits per heavy atom. The average molecular weight is 441 g/mol. The van der Waals surface area contributed by atoms with Gasteiger partial charge in [-0.2, -0.15) is 0 Å². The third kappa shape index (κ3) is 4.98. The summed E-state index contributed by atoms with van der Waals surface area (Å²) in [4.78, 5) is 12.2. The third-order valence-corrected chi connectivity index (χ3v) is 5.49. The SMILES string of the molecule is COc1ccc(S(=O)(=O)Nc2cccc(NC(=O)C(C)(C)C)c2)cc1Br. The summed E-state index contributed by atoms with van der Waals surface area (Å²) in [6.07, 6.45) is 0. The highest BCUT2D eigenvalue weighted by atomic mass is 79.9. The molecule has 26 heavy (non-hydrogen) atoms. The summed E-state index contributed by atoms with van der Waals surface area (Å²) in [6, 6.07) is 11.0. The van der Waals surface area contributed by atoms with E-state index in [0.717, 1.165) is 0 Å². The van der Waals surface area contributed by atoms with E-state index in [9.17, 15) is 13.2 Å². The van der Waals surface area contributed by atoms with Crippen LogP contribution in [0.4, 0.5) is 11.4 Å². The van der Waals surface area contributed by atoms with E-state index >= 15 is 0 Å². The zero-order valence-corrected chi connectivity index (χ0v) is 17.4. The molecule has 0 atom stereocenters. The number of halogens is 1. The second-order valence-corrected chi connectivity index (χ2v) is 9.22. The summed E-state index contributed by atoms with van der Waals surface area (Å²) in [6.45, 7) is 5.41. The number of nitrogens with one attached hydrogen (secondary N) is 2. The molecule has 0 heterocycles. The number of rotatable bonds is 5. The highest BCUT2D eigenvalue weighted by Gasteiger charge is 2.21. The minimum absolute atomic E-state index is 0.0919. The minimum Gasteiger partial charge on any atom is -0.496 e. The molecule has 2 aromatic carbocycles. The van der Waals surface area contributed by atoms with Crippen molar-refractivity contribution in [3.05, 3.63) is 46.9 Å². The third-order valence-electron chi connectivity index (χ3n) is 3.49. The van der Waals surface area contributed by atoms with Crippen molar-refractivity contribution >= 4 is 43.2 Å². The lowest BCUT2D eigenvalue weighted by Gasteiger charge is -2.18. The number of hydrogen-bond donors (Lipinski definition) is 2. The average Bonchev–Trinajstić information content (AvgIpc) is 2.53. The summed E-state index contributed by atoms with van der Waals surface area (Å²) >= 11 is 3.28. The van der Waals surface area contributed by atoms with Crippen LogP contribution in [0.2, 0.25) is 0 Å². The number of carbonyl (C=O) groups excluding carboxylic acids is 1. The van der Waals surface area contributed by atoms with Gasteiger partial charge in [-0.3, -0.25) is 9.52 Å². The summed E-state index contributed by atoms with van der Waals surface area (Å²) in [5, 5.41) is 2.77. The van der Waals surface area contributed by atoms with Crippen LogP contribution in [0.15, 0.2) is 51.8 Å². The first-order valence-electron chi connectivity index (χ1n) is 7.81. The Hall–Kier alpha value is -2.06. The van der Waals surface area contributed by atoms with Crippen LogP contribution in [0.5, 0.6) is 5.75 Å². The first kappa shape index (κ1) is 20.3. The maximum Gasteiger partial charge on any atom is 0.261 e. The Balaban J connectivity index is 2.23. The van der Waals surface area contributed by atoms with Gasteiger partial charge in [-0.1, -0.05) is 26.8 Å². The van der Waals surface area contributed by atoms with Gasteiger partial charge in [-0.25, -0.2) is 8.42 Å². The topological polar surface area (TPSA) is 84.5 Å². The lowest BCUT2D eigenvalue weighted by Crippen LogP contribution is -2.27. The number of hydrogen-bond acceptors (Lipinski definition) is 4. The predicted molar refractivity (Wildman–Crippen MR) is 106 cm³/mol. The van der Waals surface area contributed by atoms with Gasteiger partial charge in [-0.15, -0.1) is 0 Å². The van der Waals surface area contributed by atoms with Crippen molar-refractivity contribution in [3.63, 3.8) is 0 Å². The van der Waals surface area contributed by atoms with E-state index in [4.69, 9.17) is 4.74 Å². The van der Waals surface area contributed by atoms with E-state index in [0.29, 0.717) is 21.6 Å². The second kappa shape index (κ2) is 7.67. The Labute approximate surface area is 162 Å². The number of anilines is 2. The molecule has 140 valence electrons. The van der Waals surface area contributed by atoms with Crippen molar-refractivity contribution in [1.29, 1.82) is 0 Å². The molecule has 0 bridgehead atoms. The molecule has 0 saturated carbocycles. The number of ether oxygens (including phenoxy) is 1. The van der Waals surface area contributed by atoms with Gasteiger partial charge in [0.1, 0.15) is 5.75 Å². The first-order chi connectivity index (χ1) is 12.0. The van der Waals surface area contributed by atoms with Crippen molar-refractivity contribution in [2.75, 3.05) is 17.1 Å². The van der Waals surface area contributed by atoms with E-state index in [1.807, 2.05) is 0 Å². The maximum atomic E-state index is 12.6. The zero-order chi connectivity index (χ0) is 19.5. The molecule has 1 amide bonds. The molecule has 0 radical (unpaired) electrons. The maximum absolute atomic E-state index is 12.6. The van der Waals surface area contributed by atoms with Gasteiger partial charge >= 0.3 is 0 Å². The quantitative estimate of drug-likeness (QED) is 0.727. The van der Waals surface area contributed by atoms with Gasteiger partial charge in [0.2, 0.25) is 5.91 Å². The lowest BCUT2D eigenvalue weighted by molar-refractivity contribution is -0.123. The van der Waals surface area contributed by atoms with Crippen LogP contribution in [-0.4, -0.2) is 21.4 Å². The molecule has 0 aromatic heterocycles. The van der Waals surface area contributed by atoms with Crippen LogP contribution in [0.25, 0.3) is 0 Å². The number of amides is 1. The van der Waals surface area contributed by atoms with Crippen LogP contribution in [0.1, 0.15) is 20.8 Å². The molecule has 0 saturated heterocycles. The van der Waals surface area contributed by atoms with E-state index in [1.54, 1.807) is 51.1 Å². The van der Waals surface area contributed by atoms with Gasteiger partial charge in [0.25, 0.3) is 10.0 Å². The molecular weight excluding hydrogens is 420 g/mol. The number of sulfonamides is 1. The molecular formula is C18H21BrN2O4S. The Kier molecular flexibility index (Phi) is 5.98. The fourth-order valence-electron chi connectivity index (χ4n) is 2.01. The van der Waals surface area contributed by atoms with E-state index in [-0.39, 0.29) is 10.8 Å². The number of methoxy groups -OCH3 is 1. The van der Waals surface area contributed by atoms with Crippen LogP contribution < -0.4 is 14.8 Å². The van der Waals surface area contributed by atoms with Crippen molar-refractivity contribution in [2.45, 2.75) is 25.7 Å². The molecule has 0 unspecified atom stereocenters. The lowest BCUT2D eigenvalue weighted by atomic mass is 9.95. The molecule has 8 heteroatoms. The minimum atomic E-state index is -3.78. The van der Waals surface area contributed by atoms with Gasteiger partial charge in [0.05, 0.1) is 22.2 Å². The monoisotopic (exact) mass is 440 g/mol. The number of carbonyl (C=O) groups is 1. The van der Waals surface area contributed by atoms with Gasteiger partial charge < -0.3 is 10.1 Å². The van der Waals surface area contributed by atoms with Gasteiger partial charge in [-0.05, 0) is 52.3 Å². The summed E-state index contributed by atoms with van der Waals surface area (Å²) in [5.41, 5.74) is 0.315. The number of benzene rings is 2. The fourth-order valence-corrected chi connectivity index (χ4v) is 3.77. The van der Waals surface area contributed by atoms with Crippen LogP contribution in [0.3, 0.4) is 0 Å². The van der Waals surface area contributed by atoms with Crippen molar-refractivity contribution in [1.82, 2.24) is 0 Å². The van der Waals surface area contributed by atoms with E-state index < -0.39 is 15.4 Å². The van der Waals surface area contributed by atoms with Crippen LogP contribution >= 0.6 is 15.9 Å². The van der Waals surface area contributed by atoms with Gasteiger partial charge in [0.15, 0.2) is 0 Å². The standard InChI is InChI=1S/C18H21BrN2O4S/c1-18(2,3)17(22)20-12-6-5-7-13(10-12)21-26(23,24)14-8-9-16(25-4)15(19)11-14/h5-11,21H,1-4H3,(H,20,22). The smallest absolute Gasteiger partial charge is 0.261 e. The van der Waals surface area contributed by atoms with Gasteiger partial charge in [0, 0.05) is 11.1 Å².